The van der Waals surface area contributed by atoms with Crippen LogP contribution in [0.5, 0.6) is 0 Å². The van der Waals surface area contributed by atoms with Gasteiger partial charge in [0, 0.05) is 62.0 Å². The SMILES string of the molecule is CCC(=O)Cc1ccc(-c2cnc(N3C4CCC3CN(C(C)C)C4)nc2)c(C)c1. The summed E-state index contributed by atoms with van der Waals surface area (Å²) in [6, 6.07) is 7.91. The van der Waals surface area contributed by atoms with Crippen LogP contribution >= 0.6 is 0 Å². The summed E-state index contributed by atoms with van der Waals surface area (Å²) in [6.45, 7) is 10.8. The Balaban J connectivity index is 1.51. The number of fused-ring (bicyclic) bond motifs is 2. The van der Waals surface area contributed by atoms with Crippen LogP contribution in [0.2, 0.25) is 0 Å². The molecule has 0 amide bonds. The number of hydrogen-bond acceptors (Lipinski definition) is 5. The minimum Gasteiger partial charge on any atom is -0.332 e. The van der Waals surface area contributed by atoms with E-state index in [1.165, 1.54) is 12.8 Å². The second-order valence-corrected chi connectivity index (χ2v) is 8.83. The van der Waals surface area contributed by atoms with Crippen molar-refractivity contribution in [2.75, 3.05) is 18.0 Å². The molecule has 3 heterocycles. The van der Waals surface area contributed by atoms with Gasteiger partial charge < -0.3 is 4.90 Å². The Kier molecular flexibility index (Phi) is 5.68. The molecule has 154 valence electrons. The van der Waals surface area contributed by atoms with Crippen molar-refractivity contribution in [2.45, 2.75) is 71.5 Å². The van der Waals surface area contributed by atoms with Crippen molar-refractivity contribution in [3.8, 4) is 11.1 Å². The maximum absolute atomic E-state index is 11.7. The molecule has 1 aromatic carbocycles. The largest absolute Gasteiger partial charge is 0.332 e. The fourth-order valence-corrected chi connectivity index (χ4v) is 4.79. The molecule has 2 bridgehead atoms. The molecule has 2 fully saturated rings. The number of carbonyl (C=O) groups is 1. The lowest BCUT2D eigenvalue weighted by molar-refractivity contribution is -0.118. The lowest BCUT2D eigenvalue weighted by atomic mass is 9.98. The summed E-state index contributed by atoms with van der Waals surface area (Å²) in [6.07, 6.45) is 7.47. The lowest BCUT2D eigenvalue weighted by Crippen LogP contribution is -2.56. The third-order valence-electron chi connectivity index (χ3n) is 6.51. The fourth-order valence-electron chi connectivity index (χ4n) is 4.79. The van der Waals surface area contributed by atoms with Gasteiger partial charge in [0.2, 0.25) is 5.95 Å². The van der Waals surface area contributed by atoms with E-state index in [1.807, 2.05) is 19.3 Å². The van der Waals surface area contributed by atoms with Crippen LogP contribution in [-0.4, -0.2) is 51.9 Å². The zero-order chi connectivity index (χ0) is 20.5. The first-order valence-corrected chi connectivity index (χ1v) is 10.9. The van der Waals surface area contributed by atoms with Gasteiger partial charge in [-0.25, -0.2) is 9.97 Å². The van der Waals surface area contributed by atoms with Gasteiger partial charge in [-0.15, -0.1) is 0 Å². The highest BCUT2D eigenvalue weighted by molar-refractivity contribution is 5.81. The Morgan fingerprint density at radius 2 is 1.79 bits per heavy atom. The highest BCUT2D eigenvalue weighted by Crippen LogP contribution is 2.34. The highest BCUT2D eigenvalue weighted by Gasteiger charge is 2.41. The molecule has 1 aromatic heterocycles. The number of benzene rings is 1. The van der Waals surface area contributed by atoms with Crippen LogP contribution in [0.25, 0.3) is 11.1 Å². The van der Waals surface area contributed by atoms with Gasteiger partial charge in [0.1, 0.15) is 5.78 Å². The van der Waals surface area contributed by atoms with Crippen LogP contribution < -0.4 is 4.90 Å². The second-order valence-electron chi connectivity index (χ2n) is 8.83. The van der Waals surface area contributed by atoms with Gasteiger partial charge >= 0.3 is 0 Å². The molecular formula is C24H32N4O. The number of nitrogens with zero attached hydrogens (tertiary/aromatic N) is 4. The Hall–Kier alpha value is -2.27. The van der Waals surface area contributed by atoms with Crippen LogP contribution in [0.1, 0.15) is 51.2 Å². The van der Waals surface area contributed by atoms with Crippen molar-refractivity contribution in [3.63, 3.8) is 0 Å². The standard InChI is InChI=1S/C24H32N4O/c1-5-22(29)11-18-6-9-23(17(4)10-18)19-12-25-24(26-13-19)28-20-7-8-21(28)15-27(14-20)16(2)3/h6,9-10,12-13,16,20-21H,5,7-8,11,14-15H2,1-4H3. The van der Waals surface area contributed by atoms with Gasteiger partial charge in [-0.1, -0.05) is 25.1 Å². The van der Waals surface area contributed by atoms with Crippen LogP contribution in [0.4, 0.5) is 5.95 Å². The van der Waals surface area contributed by atoms with E-state index in [2.05, 4.69) is 48.8 Å². The zero-order valence-corrected chi connectivity index (χ0v) is 18.1. The van der Waals surface area contributed by atoms with E-state index in [1.54, 1.807) is 0 Å². The molecule has 5 nitrogen and oxygen atoms in total. The van der Waals surface area contributed by atoms with Crippen molar-refractivity contribution >= 4 is 11.7 Å². The van der Waals surface area contributed by atoms with Gasteiger partial charge in [0.15, 0.2) is 0 Å². The van der Waals surface area contributed by atoms with Crippen molar-refractivity contribution in [3.05, 3.63) is 41.7 Å². The summed E-state index contributed by atoms with van der Waals surface area (Å²) in [4.78, 5) is 26.3. The quantitative estimate of drug-likeness (QED) is 0.743. The molecule has 2 saturated heterocycles. The summed E-state index contributed by atoms with van der Waals surface area (Å²) in [5, 5.41) is 0. The average Bonchev–Trinajstić information content (AvgIpc) is 2.97. The molecule has 4 rings (SSSR count). The first-order valence-electron chi connectivity index (χ1n) is 10.9. The summed E-state index contributed by atoms with van der Waals surface area (Å²) in [5.74, 6) is 1.14. The van der Waals surface area contributed by atoms with Crippen LogP contribution in [0, 0.1) is 6.92 Å². The number of likely N-dealkylation sites (tertiary alicyclic amines) is 1. The normalized spacial score (nSPS) is 21.8. The molecule has 29 heavy (non-hydrogen) atoms. The van der Waals surface area contributed by atoms with Crippen molar-refractivity contribution in [2.24, 2.45) is 0 Å². The molecule has 0 spiro atoms. The summed E-state index contributed by atoms with van der Waals surface area (Å²) >= 11 is 0. The molecule has 0 radical (unpaired) electrons. The number of piperazine rings is 1. The smallest absolute Gasteiger partial charge is 0.225 e. The van der Waals surface area contributed by atoms with E-state index in [9.17, 15) is 4.79 Å². The minimum absolute atomic E-state index is 0.275. The Bertz CT molecular complexity index is 863. The van der Waals surface area contributed by atoms with Crippen LogP contribution in [0.15, 0.2) is 30.6 Å². The third kappa shape index (κ3) is 4.06. The Labute approximate surface area is 174 Å². The first kappa shape index (κ1) is 20.0. The molecule has 2 aromatic rings. The molecule has 0 aliphatic carbocycles. The molecular weight excluding hydrogens is 360 g/mol. The molecule has 2 unspecified atom stereocenters. The summed E-state index contributed by atoms with van der Waals surface area (Å²) in [7, 11) is 0. The van der Waals surface area contributed by atoms with Gasteiger partial charge in [-0.3, -0.25) is 9.69 Å². The van der Waals surface area contributed by atoms with Gasteiger partial charge in [-0.2, -0.15) is 0 Å². The molecule has 2 aliphatic heterocycles. The average molecular weight is 393 g/mol. The highest BCUT2D eigenvalue weighted by atomic mass is 16.1. The zero-order valence-electron chi connectivity index (χ0n) is 18.1. The minimum atomic E-state index is 0.275. The molecule has 2 atom stereocenters. The van der Waals surface area contributed by atoms with Crippen molar-refractivity contribution in [1.29, 1.82) is 0 Å². The molecule has 0 N–H and O–H groups in total. The number of ketones is 1. The summed E-state index contributed by atoms with van der Waals surface area (Å²) in [5.41, 5.74) is 4.41. The number of aryl methyl sites for hydroxylation is 1. The van der Waals surface area contributed by atoms with Crippen LogP contribution in [0.3, 0.4) is 0 Å². The predicted molar refractivity (Wildman–Crippen MR) is 117 cm³/mol. The Morgan fingerprint density at radius 1 is 1.14 bits per heavy atom. The van der Waals surface area contributed by atoms with Crippen molar-refractivity contribution < 1.29 is 4.79 Å². The number of hydrogen-bond donors (Lipinski definition) is 0. The van der Waals surface area contributed by atoms with Crippen molar-refractivity contribution in [1.82, 2.24) is 14.9 Å². The number of rotatable bonds is 6. The fraction of sp³-hybridized carbons (Fsp3) is 0.542. The first-order chi connectivity index (χ1) is 14.0. The van der Waals surface area contributed by atoms with E-state index < -0.39 is 0 Å². The maximum atomic E-state index is 11.7. The monoisotopic (exact) mass is 392 g/mol. The van der Waals surface area contributed by atoms with Gasteiger partial charge in [-0.05, 0) is 50.3 Å². The van der Waals surface area contributed by atoms with E-state index in [-0.39, 0.29) is 5.78 Å². The molecule has 2 aliphatic rings. The van der Waals surface area contributed by atoms with E-state index in [0.717, 1.165) is 41.3 Å². The number of aromatic nitrogens is 2. The number of Topliss-reactive ketones (excluding diaryl/α,β-unsaturated/α-hetero) is 1. The van der Waals surface area contributed by atoms with Gasteiger partial charge in [0.25, 0.3) is 0 Å². The topological polar surface area (TPSA) is 49.3 Å². The van der Waals surface area contributed by atoms with Gasteiger partial charge in [0.05, 0.1) is 0 Å². The Morgan fingerprint density at radius 3 is 2.34 bits per heavy atom. The lowest BCUT2D eigenvalue weighted by Gasteiger charge is -2.42. The van der Waals surface area contributed by atoms with E-state index in [4.69, 9.17) is 9.97 Å². The van der Waals surface area contributed by atoms with Crippen LogP contribution in [-0.2, 0) is 11.2 Å². The maximum Gasteiger partial charge on any atom is 0.225 e. The number of anilines is 1. The predicted octanol–water partition coefficient (Wildman–Crippen LogP) is 4.04. The number of carbonyl (C=O) groups excluding carboxylic acids is 1. The molecule has 0 saturated carbocycles. The summed E-state index contributed by atoms with van der Waals surface area (Å²) < 4.78 is 0. The van der Waals surface area contributed by atoms with E-state index >= 15 is 0 Å². The second kappa shape index (κ2) is 8.23. The third-order valence-corrected chi connectivity index (χ3v) is 6.51. The molecule has 5 heteroatoms. The van der Waals surface area contributed by atoms with E-state index in [0.29, 0.717) is 31.0 Å².